The molecule has 0 rings (SSSR count). The Morgan fingerprint density at radius 1 is 1.27 bits per heavy atom. The monoisotopic (exact) mass is 235 g/mol. The lowest BCUT2D eigenvalue weighted by molar-refractivity contribution is 0.148. The molecule has 0 saturated heterocycles. The van der Waals surface area contributed by atoms with E-state index in [1.54, 1.807) is 0 Å². The van der Waals surface area contributed by atoms with Crippen LogP contribution in [0, 0.1) is 0 Å². The average Bonchev–Trinajstić information content (AvgIpc) is 2.14. The van der Waals surface area contributed by atoms with Gasteiger partial charge in [0.05, 0.1) is 21.8 Å². The summed E-state index contributed by atoms with van der Waals surface area (Å²) in [6.45, 7) is 9.83. The standard InChI is InChI=1S/C11H25NO2S/c1-6-9(8-10(13)7-2)12-15(14)11(3,4)5/h9-10,12-13H,6-8H2,1-5H3/t9-,10+,15?/m0/s1. The first-order chi connectivity index (χ1) is 6.81. The van der Waals surface area contributed by atoms with Gasteiger partial charge in [-0.15, -0.1) is 0 Å². The summed E-state index contributed by atoms with van der Waals surface area (Å²) in [5.74, 6) is 0. The van der Waals surface area contributed by atoms with Crippen molar-refractivity contribution in [3.05, 3.63) is 0 Å². The highest BCUT2D eigenvalue weighted by Crippen LogP contribution is 2.12. The molecule has 0 aromatic heterocycles. The minimum Gasteiger partial charge on any atom is -0.393 e. The molecular formula is C11H25NO2S. The molecule has 15 heavy (non-hydrogen) atoms. The van der Waals surface area contributed by atoms with E-state index in [2.05, 4.69) is 4.72 Å². The molecule has 0 bridgehead atoms. The van der Waals surface area contributed by atoms with Crippen LogP contribution in [0.2, 0.25) is 0 Å². The highest BCUT2D eigenvalue weighted by molar-refractivity contribution is 7.84. The highest BCUT2D eigenvalue weighted by atomic mass is 32.2. The molecule has 92 valence electrons. The Hall–Kier alpha value is 0.0700. The van der Waals surface area contributed by atoms with Crippen LogP contribution in [-0.2, 0) is 11.0 Å². The SMILES string of the molecule is CC[C@@H](O)C[C@H](CC)NS(=O)C(C)(C)C. The van der Waals surface area contributed by atoms with Gasteiger partial charge in [-0.25, -0.2) is 8.93 Å². The van der Waals surface area contributed by atoms with Gasteiger partial charge in [-0.1, -0.05) is 13.8 Å². The summed E-state index contributed by atoms with van der Waals surface area (Å²) >= 11 is 0. The summed E-state index contributed by atoms with van der Waals surface area (Å²) in [6.07, 6.45) is 2.02. The number of rotatable bonds is 6. The Bertz CT molecular complexity index is 201. The zero-order valence-corrected chi connectivity index (χ0v) is 11.4. The van der Waals surface area contributed by atoms with Crippen LogP contribution >= 0.6 is 0 Å². The van der Waals surface area contributed by atoms with Crippen LogP contribution in [0.5, 0.6) is 0 Å². The quantitative estimate of drug-likeness (QED) is 0.739. The lowest BCUT2D eigenvalue weighted by Gasteiger charge is -2.24. The Morgan fingerprint density at radius 2 is 1.80 bits per heavy atom. The van der Waals surface area contributed by atoms with Crippen LogP contribution in [0.15, 0.2) is 0 Å². The van der Waals surface area contributed by atoms with Crippen LogP contribution in [-0.4, -0.2) is 26.2 Å². The maximum absolute atomic E-state index is 11.8. The molecule has 0 spiro atoms. The predicted octanol–water partition coefficient (Wildman–Crippen LogP) is 1.98. The van der Waals surface area contributed by atoms with Crippen LogP contribution in [0.25, 0.3) is 0 Å². The van der Waals surface area contributed by atoms with E-state index in [1.165, 1.54) is 0 Å². The van der Waals surface area contributed by atoms with Gasteiger partial charge in [0.15, 0.2) is 0 Å². The molecule has 0 aliphatic carbocycles. The lowest BCUT2D eigenvalue weighted by Crippen LogP contribution is -2.41. The highest BCUT2D eigenvalue weighted by Gasteiger charge is 2.22. The summed E-state index contributed by atoms with van der Waals surface area (Å²) in [5, 5.41) is 9.54. The average molecular weight is 235 g/mol. The number of hydrogen-bond donors (Lipinski definition) is 2. The number of aliphatic hydroxyl groups excluding tert-OH is 1. The van der Waals surface area contributed by atoms with Crippen LogP contribution in [0.3, 0.4) is 0 Å². The summed E-state index contributed by atoms with van der Waals surface area (Å²) in [4.78, 5) is 0. The van der Waals surface area contributed by atoms with Crippen molar-refractivity contribution in [2.45, 2.75) is 70.8 Å². The van der Waals surface area contributed by atoms with Crippen molar-refractivity contribution in [2.75, 3.05) is 0 Å². The van der Waals surface area contributed by atoms with Gasteiger partial charge in [-0.05, 0) is 40.0 Å². The molecule has 0 fully saturated rings. The second-order valence-electron chi connectivity index (χ2n) is 4.90. The van der Waals surface area contributed by atoms with Crippen molar-refractivity contribution in [1.82, 2.24) is 4.72 Å². The Kier molecular flexibility index (Phi) is 6.64. The lowest BCUT2D eigenvalue weighted by atomic mass is 10.1. The fraction of sp³-hybridized carbons (Fsp3) is 1.00. The Labute approximate surface area is 96.2 Å². The molecule has 0 amide bonds. The molecule has 2 N–H and O–H groups in total. The molecule has 0 radical (unpaired) electrons. The summed E-state index contributed by atoms with van der Waals surface area (Å²) in [7, 11) is -1.05. The van der Waals surface area contributed by atoms with Crippen molar-refractivity contribution < 1.29 is 9.32 Å². The van der Waals surface area contributed by atoms with E-state index in [0.29, 0.717) is 6.42 Å². The fourth-order valence-electron chi connectivity index (χ4n) is 1.12. The molecule has 3 atom stereocenters. The van der Waals surface area contributed by atoms with Gasteiger partial charge in [-0.3, -0.25) is 0 Å². The zero-order chi connectivity index (χ0) is 12.1. The minimum atomic E-state index is -1.05. The smallest absolute Gasteiger partial charge is 0.0972 e. The van der Waals surface area contributed by atoms with Crippen LogP contribution in [0.4, 0.5) is 0 Å². The van der Waals surface area contributed by atoms with Crippen LogP contribution in [0.1, 0.15) is 53.9 Å². The zero-order valence-electron chi connectivity index (χ0n) is 10.5. The van der Waals surface area contributed by atoms with Gasteiger partial charge >= 0.3 is 0 Å². The molecule has 3 nitrogen and oxygen atoms in total. The van der Waals surface area contributed by atoms with Gasteiger partial charge in [0.1, 0.15) is 0 Å². The van der Waals surface area contributed by atoms with Gasteiger partial charge in [0, 0.05) is 6.04 Å². The number of nitrogens with one attached hydrogen (secondary N) is 1. The third kappa shape index (κ3) is 6.28. The van der Waals surface area contributed by atoms with Crippen molar-refractivity contribution in [1.29, 1.82) is 0 Å². The normalized spacial score (nSPS) is 18.5. The van der Waals surface area contributed by atoms with Crippen molar-refractivity contribution in [3.63, 3.8) is 0 Å². The maximum atomic E-state index is 11.8. The number of aliphatic hydroxyl groups is 1. The van der Waals surface area contributed by atoms with Gasteiger partial charge in [0.25, 0.3) is 0 Å². The first-order valence-electron chi connectivity index (χ1n) is 5.67. The molecule has 0 saturated carbocycles. The van der Waals surface area contributed by atoms with E-state index < -0.39 is 11.0 Å². The Morgan fingerprint density at radius 3 is 2.13 bits per heavy atom. The summed E-state index contributed by atoms with van der Waals surface area (Å²) < 4.78 is 14.7. The molecule has 1 unspecified atom stereocenters. The van der Waals surface area contributed by atoms with E-state index in [4.69, 9.17) is 0 Å². The number of hydrogen-bond acceptors (Lipinski definition) is 2. The molecule has 0 aromatic carbocycles. The molecular weight excluding hydrogens is 210 g/mol. The molecule has 4 heteroatoms. The van der Waals surface area contributed by atoms with E-state index >= 15 is 0 Å². The maximum Gasteiger partial charge on any atom is 0.0972 e. The second kappa shape index (κ2) is 6.61. The third-order valence-electron chi connectivity index (χ3n) is 2.35. The third-order valence-corrected chi connectivity index (χ3v) is 4.01. The second-order valence-corrected chi connectivity index (χ2v) is 6.90. The van der Waals surface area contributed by atoms with Crippen LogP contribution < -0.4 is 4.72 Å². The predicted molar refractivity (Wildman–Crippen MR) is 66.0 cm³/mol. The minimum absolute atomic E-state index is 0.139. The summed E-state index contributed by atoms with van der Waals surface area (Å²) in [6, 6.07) is 0.139. The first-order valence-corrected chi connectivity index (χ1v) is 6.82. The Balaban J connectivity index is 4.16. The van der Waals surface area contributed by atoms with E-state index in [0.717, 1.165) is 12.8 Å². The van der Waals surface area contributed by atoms with Crippen molar-refractivity contribution in [2.24, 2.45) is 0 Å². The molecule has 0 aromatic rings. The molecule has 0 aliphatic heterocycles. The van der Waals surface area contributed by atoms with Crippen molar-refractivity contribution >= 4 is 11.0 Å². The van der Waals surface area contributed by atoms with Gasteiger partial charge in [0.2, 0.25) is 0 Å². The van der Waals surface area contributed by atoms with Gasteiger partial charge < -0.3 is 5.11 Å². The van der Waals surface area contributed by atoms with Gasteiger partial charge in [-0.2, -0.15) is 0 Å². The fourth-order valence-corrected chi connectivity index (χ4v) is 2.04. The topological polar surface area (TPSA) is 49.3 Å². The van der Waals surface area contributed by atoms with E-state index in [9.17, 15) is 9.32 Å². The first kappa shape index (κ1) is 15.1. The van der Waals surface area contributed by atoms with E-state index in [1.807, 2.05) is 34.6 Å². The van der Waals surface area contributed by atoms with E-state index in [-0.39, 0.29) is 16.9 Å². The molecule has 0 heterocycles. The molecule has 0 aliphatic rings. The summed E-state index contributed by atoms with van der Waals surface area (Å²) in [5.41, 5.74) is 0. The van der Waals surface area contributed by atoms with Crippen molar-refractivity contribution in [3.8, 4) is 0 Å². The largest absolute Gasteiger partial charge is 0.393 e.